The highest BCUT2D eigenvalue weighted by Gasteiger charge is 2.39. The number of aryl methyl sites for hydroxylation is 3. The van der Waals surface area contributed by atoms with Crippen molar-refractivity contribution in [1.29, 1.82) is 0 Å². The summed E-state index contributed by atoms with van der Waals surface area (Å²) in [5.41, 5.74) is 1.86. The molecule has 1 unspecified atom stereocenters. The first-order valence-corrected chi connectivity index (χ1v) is 10.4. The lowest BCUT2D eigenvalue weighted by Crippen LogP contribution is -2.43. The molecule has 0 spiro atoms. The average Bonchev–Trinajstić information content (AvgIpc) is 3.15. The Morgan fingerprint density at radius 3 is 2.52 bits per heavy atom. The number of carbonyl (C=O) groups is 1. The van der Waals surface area contributed by atoms with Crippen molar-refractivity contribution in [3.63, 3.8) is 0 Å². The Hall–Kier alpha value is -1.77. The fraction of sp³-hybridized carbons (Fsp3) is 0.412. The number of thiazole rings is 1. The van der Waals surface area contributed by atoms with Gasteiger partial charge in [-0.1, -0.05) is 17.7 Å². The van der Waals surface area contributed by atoms with Gasteiger partial charge in [0.15, 0.2) is 5.13 Å². The lowest BCUT2D eigenvalue weighted by Gasteiger charge is -2.23. The second-order valence-electron chi connectivity index (χ2n) is 6.24. The van der Waals surface area contributed by atoms with Crippen LogP contribution in [0.3, 0.4) is 0 Å². The Labute approximate surface area is 151 Å². The Balaban J connectivity index is 1.81. The van der Waals surface area contributed by atoms with Gasteiger partial charge in [0.05, 0.1) is 10.6 Å². The van der Waals surface area contributed by atoms with Gasteiger partial charge >= 0.3 is 0 Å². The number of carbonyl (C=O) groups excluding carboxylic acids is 1. The molecule has 1 fully saturated rings. The van der Waals surface area contributed by atoms with Gasteiger partial charge in [0.25, 0.3) is 0 Å². The van der Waals surface area contributed by atoms with Crippen LogP contribution in [-0.2, 0) is 14.8 Å². The zero-order valence-corrected chi connectivity index (χ0v) is 16.1. The average molecular weight is 380 g/mol. The molecule has 25 heavy (non-hydrogen) atoms. The van der Waals surface area contributed by atoms with Gasteiger partial charge in [-0.25, -0.2) is 13.4 Å². The quantitative estimate of drug-likeness (QED) is 0.886. The van der Waals surface area contributed by atoms with Crippen LogP contribution in [0.2, 0.25) is 0 Å². The van der Waals surface area contributed by atoms with E-state index in [0.717, 1.165) is 16.1 Å². The summed E-state index contributed by atoms with van der Waals surface area (Å²) < 4.78 is 27.1. The SMILES string of the molecule is Cc1ccc(S(=O)(=O)N2CCCC2C(=O)Nc2nc(C)c(C)s2)cc1. The van der Waals surface area contributed by atoms with E-state index >= 15 is 0 Å². The fourth-order valence-corrected chi connectivity index (χ4v) is 5.32. The van der Waals surface area contributed by atoms with E-state index in [0.29, 0.717) is 24.5 Å². The zero-order chi connectivity index (χ0) is 18.2. The smallest absolute Gasteiger partial charge is 0.244 e. The highest BCUT2D eigenvalue weighted by molar-refractivity contribution is 7.89. The number of anilines is 1. The molecule has 1 aliphatic rings. The van der Waals surface area contributed by atoms with Crippen molar-refractivity contribution in [3.8, 4) is 0 Å². The molecule has 1 aromatic carbocycles. The first kappa shape index (κ1) is 18.0. The minimum absolute atomic E-state index is 0.221. The number of hydrogen-bond acceptors (Lipinski definition) is 5. The van der Waals surface area contributed by atoms with Crippen molar-refractivity contribution in [2.45, 2.75) is 44.6 Å². The number of hydrogen-bond donors (Lipinski definition) is 1. The third kappa shape index (κ3) is 3.61. The summed E-state index contributed by atoms with van der Waals surface area (Å²) in [6.45, 7) is 6.07. The van der Waals surface area contributed by atoms with E-state index in [1.807, 2.05) is 20.8 Å². The Morgan fingerprint density at radius 1 is 1.24 bits per heavy atom. The van der Waals surface area contributed by atoms with Crippen LogP contribution in [0.5, 0.6) is 0 Å². The fourth-order valence-electron chi connectivity index (χ4n) is 2.85. The third-order valence-corrected chi connectivity index (χ3v) is 7.30. The summed E-state index contributed by atoms with van der Waals surface area (Å²) in [7, 11) is -3.69. The van der Waals surface area contributed by atoms with E-state index in [-0.39, 0.29) is 10.8 Å². The molecule has 1 N–H and O–H groups in total. The molecule has 1 aliphatic heterocycles. The van der Waals surface area contributed by atoms with Gasteiger partial charge in [-0.05, 0) is 45.7 Å². The molecule has 1 amide bonds. The van der Waals surface area contributed by atoms with Gasteiger partial charge in [0.1, 0.15) is 6.04 Å². The Kier molecular flexibility index (Phi) is 4.95. The summed E-state index contributed by atoms with van der Waals surface area (Å²) in [5.74, 6) is -0.318. The van der Waals surface area contributed by atoms with Crippen molar-refractivity contribution in [2.75, 3.05) is 11.9 Å². The van der Waals surface area contributed by atoms with E-state index in [2.05, 4.69) is 10.3 Å². The van der Waals surface area contributed by atoms with E-state index in [1.54, 1.807) is 24.3 Å². The lowest BCUT2D eigenvalue weighted by atomic mass is 10.2. The number of nitrogens with zero attached hydrogens (tertiary/aromatic N) is 2. The molecule has 1 atom stereocenters. The number of amides is 1. The van der Waals surface area contributed by atoms with Crippen molar-refractivity contribution < 1.29 is 13.2 Å². The predicted molar refractivity (Wildman–Crippen MR) is 98.3 cm³/mol. The number of sulfonamides is 1. The van der Waals surface area contributed by atoms with Crippen molar-refractivity contribution in [3.05, 3.63) is 40.4 Å². The summed E-state index contributed by atoms with van der Waals surface area (Å²) in [5, 5.41) is 3.28. The highest BCUT2D eigenvalue weighted by atomic mass is 32.2. The van der Waals surface area contributed by atoms with Crippen LogP contribution >= 0.6 is 11.3 Å². The van der Waals surface area contributed by atoms with Crippen molar-refractivity contribution in [2.24, 2.45) is 0 Å². The largest absolute Gasteiger partial charge is 0.301 e. The second kappa shape index (κ2) is 6.86. The maximum Gasteiger partial charge on any atom is 0.244 e. The lowest BCUT2D eigenvalue weighted by molar-refractivity contribution is -0.119. The second-order valence-corrected chi connectivity index (χ2v) is 9.33. The minimum Gasteiger partial charge on any atom is -0.301 e. The normalized spacial score (nSPS) is 18.4. The van der Waals surface area contributed by atoms with Crippen LogP contribution in [0.4, 0.5) is 5.13 Å². The van der Waals surface area contributed by atoms with Crippen molar-refractivity contribution in [1.82, 2.24) is 9.29 Å². The maximum absolute atomic E-state index is 12.9. The number of rotatable bonds is 4. The van der Waals surface area contributed by atoms with E-state index in [9.17, 15) is 13.2 Å². The van der Waals surface area contributed by atoms with Gasteiger partial charge < -0.3 is 5.32 Å². The van der Waals surface area contributed by atoms with Crippen LogP contribution < -0.4 is 5.32 Å². The molecule has 8 heteroatoms. The Morgan fingerprint density at radius 2 is 1.92 bits per heavy atom. The van der Waals surface area contributed by atoms with Gasteiger partial charge in [0.2, 0.25) is 15.9 Å². The summed E-state index contributed by atoms with van der Waals surface area (Å²) in [6.07, 6.45) is 1.18. The molecular weight excluding hydrogens is 358 g/mol. The monoisotopic (exact) mass is 379 g/mol. The van der Waals surface area contributed by atoms with Crippen LogP contribution in [0, 0.1) is 20.8 Å². The highest BCUT2D eigenvalue weighted by Crippen LogP contribution is 2.28. The van der Waals surface area contributed by atoms with Crippen LogP contribution in [-0.4, -0.2) is 36.2 Å². The Bertz CT molecular complexity index is 869. The van der Waals surface area contributed by atoms with Crippen LogP contribution in [0.1, 0.15) is 29.0 Å². The molecule has 134 valence electrons. The molecule has 0 radical (unpaired) electrons. The van der Waals surface area contributed by atoms with Gasteiger partial charge in [0, 0.05) is 11.4 Å². The number of aromatic nitrogens is 1. The van der Waals surface area contributed by atoms with Gasteiger partial charge in [-0.15, -0.1) is 11.3 Å². The molecule has 6 nitrogen and oxygen atoms in total. The predicted octanol–water partition coefficient (Wildman–Crippen LogP) is 2.86. The number of nitrogens with one attached hydrogen (secondary N) is 1. The summed E-state index contributed by atoms with van der Waals surface area (Å²) in [6, 6.07) is 6.01. The summed E-state index contributed by atoms with van der Waals surface area (Å²) >= 11 is 1.40. The van der Waals surface area contributed by atoms with E-state index in [1.165, 1.54) is 15.6 Å². The van der Waals surface area contributed by atoms with E-state index in [4.69, 9.17) is 0 Å². The molecule has 1 saturated heterocycles. The van der Waals surface area contributed by atoms with Crippen LogP contribution in [0.25, 0.3) is 0 Å². The van der Waals surface area contributed by atoms with Gasteiger partial charge in [-0.2, -0.15) is 4.31 Å². The third-order valence-electron chi connectivity index (χ3n) is 4.39. The topological polar surface area (TPSA) is 79.4 Å². The molecule has 0 bridgehead atoms. The zero-order valence-electron chi connectivity index (χ0n) is 14.4. The first-order valence-electron chi connectivity index (χ1n) is 8.12. The summed E-state index contributed by atoms with van der Waals surface area (Å²) in [4.78, 5) is 18.2. The minimum atomic E-state index is -3.69. The standard InChI is InChI=1S/C17H21N3O3S2/c1-11-6-8-14(9-7-11)25(22,23)20-10-4-5-15(20)16(21)19-17-18-12(2)13(3)24-17/h6-9,15H,4-5,10H2,1-3H3,(H,18,19,21). The van der Waals surface area contributed by atoms with Gasteiger partial charge in [-0.3, -0.25) is 4.79 Å². The first-order chi connectivity index (χ1) is 11.8. The molecule has 2 aromatic rings. The maximum atomic E-state index is 12.9. The molecule has 0 saturated carbocycles. The van der Waals surface area contributed by atoms with E-state index < -0.39 is 16.1 Å². The molecule has 2 heterocycles. The molecular formula is C17H21N3O3S2. The molecule has 3 rings (SSSR count). The van der Waals surface area contributed by atoms with Crippen LogP contribution in [0.15, 0.2) is 29.2 Å². The molecule has 1 aromatic heterocycles. The number of benzene rings is 1. The van der Waals surface area contributed by atoms with Crippen molar-refractivity contribution >= 4 is 32.4 Å². The molecule has 0 aliphatic carbocycles.